The molecule has 0 spiro atoms. The molecular formula is C10H12N4. The van der Waals surface area contributed by atoms with Gasteiger partial charge in [0.25, 0.3) is 0 Å². The first-order chi connectivity index (χ1) is 6.74. The van der Waals surface area contributed by atoms with E-state index in [1.54, 1.807) is 10.9 Å². The zero-order valence-corrected chi connectivity index (χ0v) is 8.01. The maximum absolute atomic E-state index is 5.47. The number of aromatic nitrogens is 3. The Hall–Kier alpha value is -1.84. The number of hydrogen-bond acceptors (Lipinski definition) is 3. The maximum atomic E-state index is 5.47. The van der Waals surface area contributed by atoms with Crippen molar-refractivity contribution in [3.05, 3.63) is 41.6 Å². The average Bonchev–Trinajstić information content (AvgIpc) is 2.51. The highest BCUT2D eigenvalue weighted by atomic mass is 15.4. The Morgan fingerprint density at radius 2 is 2.29 bits per heavy atom. The summed E-state index contributed by atoms with van der Waals surface area (Å²) in [6, 6.07) is 8.28. The minimum Gasteiger partial charge on any atom is -0.381 e. The Labute approximate surface area is 82.4 Å². The van der Waals surface area contributed by atoms with Crippen molar-refractivity contribution >= 4 is 5.82 Å². The van der Waals surface area contributed by atoms with Gasteiger partial charge in [-0.15, -0.1) is 5.10 Å². The van der Waals surface area contributed by atoms with Crippen molar-refractivity contribution in [2.45, 2.75) is 13.5 Å². The van der Waals surface area contributed by atoms with Crippen LogP contribution in [0.25, 0.3) is 0 Å². The molecule has 0 saturated carbocycles. The molecule has 0 aliphatic heterocycles. The summed E-state index contributed by atoms with van der Waals surface area (Å²) in [4.78, 5) is 0. The molecule has 4 heteroatoms. The van der Waals surface area contributed by atoms with Crippen LogP contribution in [0.3, 0.4) is 0 Å². The Kier molecular flexibility index (Phi) is 2.18. The van der Waals surface area contributed by atoms with Crippen LogP contribution in [0.4, 0.5) is 5.82 Å². The highest BCUT2D eigenvalue weighted by molar-refractivity contribution is 5.24. The quantitative estimate of drug-likeness (QED) is 0.770. The van der Waals surface area contributed by atoms with Gasteiger partial charge < -0.3 is 5.73 Å². The molecule has 2 N–H and O–H groups in total. The van der Waals surface area contributed by atoms with Crippen molar-refractivity contribution in [2.75, 3.05) is 5.73 Å². The fourth-order valence-electron chi connectivity index (χ4n) is 1.39. The zero-order valence-electron chi connectivity index (χ0n) is 8.01. The third-order valence-electron chi connectivity index (χ3n) is 1.98. The molecule has 14 heavy (non-hydrogen) atoms. The van der Waals surface area contributed by atoms with Crippen molar-refractivity contribution in [3.63, 3.8) is 0 Å². The highest BCUT2D eigenvalue weighted by Gasteiger charge is 1.97. The van der Waals surface area contributed by atoms with E-state index in [1.807, 2.05) is 6.07 Å². The van der Waals surface area contributed by atoms with Crippen LogP contribution in [0.5, 0.6) is 0 Å². The minimum atomic E-state index is 0.456. The van der Waals surface area contributed by atoms with Gasteiger partial charge in [-0.25, -0.2) is 4.68 Å². The fraction of sp³-hybridized carbons (Fsp3) is 0.200. The smallest absolute Gasteiger partial charge is 0.165 e. The number of rotatable bonds is 2. The van der Waals surface area contributed by atoms with Gasteiger partial charge in [0.1, 0.15) is 0 Å². The van der Waals surface area contributed by atoms with Crippen LogP contribution in [-0.4, -0.2) is 15.0 Å². The minimum absolute atomic E-state index is 0.456. The van der Waals surface area contributed by atoms with E-state index in [2.05, 4.69) is 35.4 Å². The molecule has 0 aliphatic rings. The molecule has 0 atom stereocenters. The van der Waals surface area contributed by atoms with Crippen LogP contribution in [0, 0.1) is 6.92 Å². The molecule has 2 rings (SSSR count). The number of anilines is 1. The number of nitrogen functional groups attached to an aromatic ring is 1. The Morgan fingerprint density at radius 1 is 1.43 bits per heavy atom. The summed E-state index contributed by atoms with van der Waals surface area (Å²) in [6.07, 6.45) is 1.72. The molecule has 0 saturated heterocycles. The van der Waals surface area contributed by atoms with Gasteiger partial charge in [0.2, 0.25) is 0 Å². The van der Waals surface area contributed by atoms with Gasteiger partial charge in [-0.3, -0.25) is 0 Å². The molecule has 1 aromatic heterocycles. The lowest BCUT2D eigenvalue weighted by atomic mass is 10.1. The van der Waals surface area contributed by atoms with Gasteiger partial charge in [-0.2, -0.15) is 0 Å². The van der Waals surface area contributed by atoms with Crippen molar-refractivity contribution < 1.29 is 0 Å². The van der Waals surface area contributed by atoms with E-state index >= 15 is 0 Å². The van der Waals surface area contributed by atoms with Crippen molar-refractivity contribution in [1.82, 2.24) is 15.0 Å². The summed E-state index contributed by atoms with van der Waals surface area (Å²) in [5.41, 5.74) is 7.92. The zero-order chi connectivity index (χ0) is 9.97. The second-order valence-corrected chi connectivity index (χ2v) is 3.33. The number of aryl methyl sites for hydroxylation is 1. The molecule has 0 unspecified atom stereocenters. The monoisotopic (exact) mass is 188 g/mol. The fourth-order valence-corrected chi connectivity index (χ4v) is 1.39. The van der Waals surface area contributed by atoms with Gasteiger partial charge in [0.15, 0.2) is 5.82 Å². The SMILES string of the molecule is Cc1cccc(Cn2cc(N)nn2)c1. The van der Waals surface area contributed by atoms with Gasteiger partial charge in [-0.05, 0) is 12.5 Å². The van der Waals surface area contributed by atoms with Crippen LogP contribution in [-0.2, 0) is 6.54 Å². The standard InChI is InChI=1S/C10H12N4/c1-8-3-2-4-9(5-8)6-14-7-10(11)12-13-14/h2-5,7H,6,11H2,1H3. The predicted octanol–water partition coefficient (Wildman–Crippen LogP) is 1.22. The topological polar surface area (TPSA) is 56.7 Å². The van der Waals surface area contributed by atoms with E-state index in [0.29, 0.717) is 12.4 Å². The molecule has 1 aromatic carbocycles. The van der Waals surface area contributed by atoms with Gasteiger partial charge >= 0.3 is 0 Å². The van der Waals surface area contributed by atoms with Crippen LogP contribution in [0.1, 0.15) is 11.1 Å². The van der Waals surface area contributed by atoms with Crippen LogP contribution in [0.2, 0.25) is 0 Å². The van der Waals surface area contributed by atoms with E-state index in [9.17, 15) is 0 Å². The average molecular weight is 188 g/mol. The van der Waals surface area contributed by atoms with Crippen LogP contribution >= 0.6 is 0 Å². The summed E-state index contributed by atoms with van der Waals surface area (Å²) in [5.74, 6) is 0.456. The lowest BCUT2D eigenvalue weighted by molar-refractivity contribution is 0.649. The first-order valence-corrected chi connectivity index (χ1v) is 4.45. The molecule has 0 aliphatic carbocycles. The molecule has 2 aromatic rings. The van der Waals surface area contributed by atoms with Crippen LogP contribution in [0.15, 0.2) is 30.5 Å². The summed E-state index contributed by atoms with van der Waals surface area (Å²) in [5, 5.41) is 7.61. The summed E-state index contributed by atoms with van der Waals surface area (Å²) in [6.45, 7) is 2.78. The normalized spacial score (nSPS) is 10.4. The lowest BCUT2D eigenvalue weighted by Crippen LogP contribution is -2.00. The van der Waals surface area contributed by atoms with E-state index < -0.39 is 0 Å². The number of nitrogens with zero attached hydrogens (tertiary/aromatic N) is 3. The van der Waals surface area contributed by atoms with Crippen molar-refractivity contribution in [3.8, 4) is 0 Å². The molecular weight excluding hydrogens is 176 g/mol. The third-order valence-corrected chi connectivity index (χ3v) is 1.98. The van der Waals surface area contributed by atoms with Crippen molar-refractivity contribution in [1.29, 1.82) is 0 Å². The van der Waals surface area contributed by atoms with E-state index in [1.165, 1.54) is 11.1 Å². The summed E-state index contributed by atoms with van der Waals surface area (Å²) >= 11 is 0. The highest BCUT2D eigenvalue weighted by Crippen LogP contribution is 2.06. The molecule has 72 valence electrons. The Balaban J connectivity index is 2.18. The lowest BCUT2D eigenvalue weighted by Gasteiger charge is -2.01. The van der Waals surface area contributed by atoms with E-state index in [0.717, 1.165) is 0 Å². The van der Waals surface area contributed by atoms with Gasteiger partial charge in [-0.1, -0.05) is 35.0 Å². The van der Waals surface area contributed by atoms with E-state index in [-0.39, 0.29) is 0 Å². The molecule has 0 bridgehead atoms. The molecule has 4 nitrogen and oxygen atoms in total. The number of hydrogen-bond donors (Lipinski definition) is 1. The molecule has 0 fully saturated rings. The largest absolute Gasteiger partial charge is 0.381 e. The first kappa shape index (κ1) is 8.74. The molecule has 1 heterocycles. The second-order valence-electron chi connectivity index (χ2n) is 3.33. The summed E-state index contributed by atoms with van der Waals surface area (Å²) in [7, 11) is 0. The second kappa shape index (κ2) is 3.49. The van der Waals surface area contributed by atoms with Gasteiger partial charge in [0.05, 0.1) is 12.7 Å². The number of nitrogens with two attached hydrogens (primary N) is 1. The Bertz CT molecular complexity index is 433. The summed E-state index contributed by atoms with van der Waals surface area (Å²) < 4.78 is 1.73. The first-order valence-electron chi connectivity index (χ1n) is 4.45. The third kappa shape index (κ3) is 1.90. The number of benzene rings is 1. The Morgan fingerprint density at radius 3 is 2.93 bits per heavy atom. The van der Waals surface area contributed by atoms with Gasteiger partial charge in [0, 0.05) is 0 Å². The predicted molar refractivity (Wildman–Crippen MR) is 54.7 cm³/mol. The maximum Gasteiger partial charge on any atom is 0.165 e. The van der Waals surface area contributed by atoms with E-state index in [4.69, 9.17) is 5.73 Å². The molecule has 0 radical (unpaired) electrons. The van der Waals surface area contributed by atoms with Crippen molar-refractivity contribution in [2.24, 2.45) is 0 Å². The van der Waals surface area contributed by atoms with Crippen LogP contribution < -0.4 is 5.73 Å². The molecule has 0 amide bonds.